The third-order valence-electron chi connectivity index (χ3n) is 6.95. The molecule has 1 fully saturated rings. The van der Waals surface area contributed by atoms with Crippen molar-refractivity contribution in [2.75, 3.05) is 5.32 Å². The Morgan fingerprint density at radius 3 is 2.37 bits per heavy atom. The Morgan fingerprint density at radius 2 is 1.74 bits per heavy atom. The van der Waals surface area contributed by atoms with Gasteiger partial charge in [0.25, 0.3) is 5.91 Å². The number of hydrogen-bond acceptors (Lipinski definition) is 5. The summed E-state index contributed by atoms with van der Waals surface area (Å²) in [6.07, 6.45) is 7.02. The number of aryl methyl sites for hydroxylation is 1. The Kier molecular flexibility index (Phi) is 6.30. The predicted octanol–water partition coefficient (Wildman–Crippen LogP) is 5.10. The molecular formula is C27H26N2O5S. The Morgan fingerprint density at radius 1 is 1.03 bits per heavy atom. The summed E-state index contributed by atoms with van der Waals surface area (Å²) in [7, 11) is 0. The van der Waals surface area contributed by atoms with E-state index in [1.165, 1.54) is 11.3 Å². The lowest BCUT2D eigenvalue weighted by atomic mass is 9.62. The molecule has 0 unspecified atom stereocenters. The highest BCUT2D eigenvalue weighted by Crippen LogP contribution is 2.46. The number of furan rings is 1. The number of carboxylic acid groups (broad SMARTS) is 1. The molecule has 0 saturated heterocycles. The molecule has 180 valence electrons. The summed E-state index contributed by atoms with van der Waals surface area (Å²) in [6, 6.07) is 13.1. The first-order valence-electron chi connectivity index (χ1n) is 11.7. The number of allylic oxidation sites excluding steroid dienone is 2. The van der Waals surface area contributed by atoms with Gasteiger partial charge in [-0.15, -0.1) is 11.3 Å². The largest absolute Gasteiger partial charge is 0.481 e. The topological polar surface area (TPSA) is 109 Å². The third kappa shape index (κ3) is 4.41. The van der Waals surface area contributed by atoms with E-state index in [2.05, 4.69) is 10.6 Å². The molecule has 2 aromatic heterocycles. The number of fused-ring (bicyclic) bond motifs is 2. The van der Waals surface area contributed by atoms with Crippen LogP contribution in [0.1, 0.15) is 33.8 Å². The maximum absolute atomic E-state index is 13.5. The Hall–Kier alpha value is -3.65. The van der Waals surface area contributed by atoms with E-state index in [9.17, 15) is 19.5 Å². The van der Waals surface area contributed by atoms with Crippen LogP contribution in [0.3, 0.4) is 0 Å². The SMILES string of the molecule is Cc1sc(NC(=O)[C@@H]2[C@H](C(=O)O)[C@H]3C=C[C@H]2CC3)c(C(=O)NCc2ccco2)c1-c1ccccc1. The summed E-state index contributed by atoms with van der Waals surface area (Å²) in [5.74, 6) is -2.71. The van der Waals surface area contributed by atoms with Crippen LogP contribution in [-0.4, -0.2) is 22.9 Å². The van der Waals surface area contributed by atoms with Crippen LogP contribution in [0.4, 0.5) is 5.00 Å². The molecule has 2 heterocycles. The van der Waals surface area contributed by atoms with Crippen molar-refractivity contribution in [3.8, 4) is 11.1 Å². The molecule has 3 aromatic rings. The fourth-order valence-electron chi connectivity index (χ4n) is 5.35. The van der Waals surface area contributed by atoms with Crippen LogP contribution in [0.2, 0.25) is 0 Å². The van der Waals surface area contributed by atoms with Crippen molar-refractivity contribution in [2.45, 2.75) is 26.3 Å². The lowest BCUT2D eigenvalue weighted by Crippen LogP contribution is -2.47. The molecule has 4 atom stereocenters. The fourth-order valence-corrected chi connectivity index (χ4v) is 6.43. The van der Waals surface area contributed by atoms with Crippen molar-refractivity contribution < 1.29 is 23.9 Å². The highest BCUT2D eigenvalue weighted by molar-refractivity contribution is 7.17. The summed E-state index contributed by atoms with van der Waals surface area (Å²) >= 11 is 1.33. The molecule has 8 heteroatoms. The van der Waals surface area contributed by atoms with Gasteiger partial charge in [-0.1, -0.05) is 42.5 Å². The molecule has 35 heavy (non-hydrogen) atoms. The molecule has 3 aliphatic carbocycles. The second-order valence-electron chi connectivity index (χ2n) is 9.03. The summed E-state index contributed by atoms with van der Waals surface area (Å²) in [5, 5.41) is 16.1. The number of aliphatic carboxylic acids is 1. The normalized spacial score (nSPS) is 22.7. The minimum Gasteiger partial charge on any atom is -0.481 e. The number of hydrogen-bond donors (Lipinski definition) is 3. The van der Waals surface area contributed by atoms with Gasteiger partial charge in [0.2, 0.25) is 5.91 Å². The second-order valence-corrected chi connectivity index (χ2v) is 10.3. The molecule has 0 radical (unpaired) electrons. The summed E-state index contributed by atoms with van der Waals surface area (Å²) in [5.41, 5.74) is 2.00. The van der Waals surface area contributed by atoms with E-state index in [1.54, 1.807) is 18.4 Å². The number of carbonyl (C=O) groups excluding carboxylic acids is 2. The predicted molar refractivity (Wildman–Crippen MR) is 133 cm³/mol. The molecule has 6 rings (SSSR count). The third-order valence-corrected chi connectivity index (χ3v) is 7.97. The van der Waals surface area contributed by atoms with E-state index in [0.29, 0.717) is 16.3 Å². The second kappa shape index (κ2) is 9.54. The number of thiophene rings is 1. The summed E-state index contributed by atoms with van der Waals surface area (Å²) in [6.45, 7) is 2.12. The van der Waals surface area contributed by atoms with Crippen LogP contribution in [0.5, 0.6) is 0 Å². The average molecular weight is 491 g/mol. The van der Waals surface area contributed by atoms with Gasteiger partial charge in [0.05, 0.1) is 30.2 Å². The number of carbonyl (C=O) groups is 3. The Bertz CT molecular complexity index is 1280. The molecule has 3 N–H and O–H groups in total. The van der Waals surface area contributed by atoms with Gasteiger partial charge in [0.1, 0.15) is 10.8 Å². The van der Waals surface area contributed by atoms with Crippen LogP contribution in [-0.2, 0) is 16.1 Å². The first-order valence-corrected chi connectivity index (χ1v) is 12.5. The molecule has 1 aromatic carbocycles. The van der Waals surface area contributed by atoms with Gasteiger partial charge in [-0.3, -0.25) is 14.4 Å². The first-order chi connectivity index (χ1) is 16.9. The van der Waals surface area contributed by atoms with E-state index in [4.69, 9.17) is 4.42 Å². The van der Waals surface area contributed by atoms with Gasteiger partial charge in [-0.2, -0.15) is 0 Å². The molecule has 0 spiro atoms. The Labute approximate surface area is 206 Å². The highest BCUT2D eigenvalue weighted by atomic mass is 32.1. The maximum Gasteiger partial charge on any atom is 0.307 e. The zero-order valence-electron chi connectivity index (χ0n) is 19.2. The molecule has 7 nitrogen and oxygen atoms in total. The van der Waals surface area contributed by atoms with Gasteiger partial charge >= 0.3 is 5.97 Å². The zero-order valence-corrected chi connectivity index (χ0v) is 20.0. The number of amides is 2. The molecule has 3 aliphatic rings. The molecule has 2 bridgehead atoms. The standard InChI is InChI=1S/C27H26N2O5S/c1-15-20(16-6-3-2-4-7-16)23(24(30)28-14-19-8-5-13-34-19)26(35-15)29-25(31)21-17-9-11-18(12-10-17)22(21)27(32)33/h2-9,11,13,17-18,21-22H,10,12,14H2,1H3,(H,28,30)(H,29,31)(H,32,33)/t17-,18-,21-,22+/m0/s1. The van der Waals surface area contributed by atoms with E-state index in [0.717, 1.165) is 28.8 Å². The van der Waals surface area contributed by atoms with E-state index in [-0.39, 0.29) is 30.2 Å². The molecule has 1 saturated carbocycles. The lowest BCUT2D eigenvalue weighted by Gasteiger charge is -2.41. The van der Waals surface area contributed by atoms with Crippen molar-refractivity contribution in [1.29, 1.82) is 0 Å². The van der Waals surface area contributed by atoms with Gasteiger partial charge in [0, 0.05) is 10.4 Å². The van der Waals surface area contributed by atoms with Crippen LogP contribution in [0, 0.1) is 30.6 Å². The number of rotatable bonds is 7. The van der Waals surface area contributed by atoms with Crippen LogP contribution in [0.25, 0.3) is 11.1 Å². The number of carboxylic acids is 1. The Balaban J connectivity index is 1.48. The minimum absolute atomic E-state index is 0.119. The zero-order chi connectivity index (χ0) is 24.5. The van der Waals surface area contributed by atoms with Crippen molar-refractivity contribution >= 4 is 34.1 Å². The number of anilines is 1. The maximum atomic E-state index is 13.5. The molecule has 0 aliphatic heterocycles. The summed E-state index contributed by atoms with van der Waals surface area (Å²) < 4.78 is 5.33. The number of nitrogens with one attached hydrogen (secondary N) is 2. The highest BCUT2D eigenvalue weighted by Gasteiger charge is 2.48. The molecule has 2 amide bonds. The van der Waals surface area contributed by atoms with Crippen LogP contribution >= 0.6 is 11.3 Å². The van der Waals surface area contributed by atoms with E-state index < -0.39 is 17.8 Å². The fraction of sp³-hybridized carbons (Fsp3) is 0.296. The lowest BCUT2D eigenvalue weighted by molar-refractivity contribution is -0.151. The minimum atomic E-state index is -0.951. The first kappa shape index (κ1) is 23.1. The smallest absolute Gasteiger partial charge is 0.307 e. The van der Waals surface area contributed by atoms with Crippen molar-refractivity contribution in [3.63, 3.8) is 0 Å². The van der Waals surface area contributed by atoms with Crippen LogP contribution in [0.15, 0.2) is 65.3 Å². The van der Waals surface area contributed by atoms with Gasteiger partial charge in [0.15, 0.2) is 0 Å². The monoisotopic (exact) mass is 490 g/mol. The number of benzene rings is 1. The van der Waals surface area contributed by atoms with E-state index in [1.807, 2.05) is 49.4 Å². The van der Waals surface area contributed by atoms with Crippen molar-refractivity contribution in [1.82, 2.24) is 5.32 Å². The van der Waals surface area contributed by atoms with Crippen molar-refractivity contribution in [2.24, 2.45) is 23.7 Å². The quantitative estimate of drug-likeness (QED) is 0.400. The van der Waals surface area contributed by atoms with Gasteiger partial charge in [-0.25, -0.2) is 0 Å². The average Bonchev–Trinajstić information content (AvgIpc) is 3.50. The van der Waals surface area contributed by atoms with Gasteiger partial charge < -0.3 is 20.2 Å². The molecular weight excluding hydrogens is 464 g/mol. The van der Waals surface area contributed by atoms with Crippen molar-refractivity contribution in [3.05, 3.63) is 77.1 Å². The van der Waals surface area contributed by atoms with E-state index >= 15 is 0 Å². The van der Waals surface area contributed by atoms with Gasteiger partial charge in [-0.05, 0) is 49.3 Å². The van der Waals surface area contributed by atoms with Crippen LogP contribution < -0.4 is 10.6 Å². The summed E-state index contributed by atoms with van der Waals surface area (Å²) in [4.78, 5) is 39.9.